The Bertz CT molecular complexity index is 862. The molecule has 0 fully saturated rings. The second-order valence-corrected chi connectivity index (χ2v) is 8.59. The summed E-state index contributed by atoms with van der Waals surface area (Å²) < 4.78 is 10.9. The Labute approximate surface area is 197 Å². The summed E-state index contributed by atoms with van der Waals surface area (Å²) >= 11 is 0. The van der Waals surface area contributed by atoms with Crippen LogP contribution in [0.2, 0.25) is 0 Å². The molecule has 0 aliphatic carbocycles. The molecule has 0 radical (unpaired) electrons. The number of carbonyl (C=O) groups excluding carboxylic acids is 2. The number of hydrogen-bond acceptors (Lipinski definition) is 7. The number of hydrogen-bond donors (Lipinski definition) is 2. The summed E-state index contributed by atoms with van der Waals surface area (Å²) in [6, 6.07) is 3.46. The normalized spacial score (nSPS) is 14.6. The lowest BCUT2D eigenvalue weighted by Gasteiger charge is -2.26. The molecule has 33 heavy (non-hydrogen) atoms. The van der Waals surface area contributed by atoms with Gasteiger partial charge >= 0.3 is 5.97 Å². The van der Waals surface area contributed by atoms with Gasteiger partial charge in [-0.05, 0) is 55.1 Å². The van der Waals surface area contributed by atoms with Gasteiger partial charge < -0.3 is 19.9 Å². The van der Waals surface area contributed by atoms with Gasteiger partial charge in [0.1, 0.15) is 11.9 Å². The van der Waals surface area contributed by atoms with Gasteiger partial charge in [-0.15, -0.1) is 0 Å². The smallest absolute Gasteiger partial charge is 0.302 e. The van der Waals surface area contributed by atoms with Gasteiger partial charge in [0.2, 0.25) is 0 Å². The lowest BCUT2D eigenvalue weighted by Crippen LogP contribution is -2.29. The number of esters is 1. The predicted molar refractivity (Wildman–Crippen MR) is 130 cm³/mol. The van der Waals surface area contributed by atoms with Gasteiger partial charge in [0.15, 0.2) is 11.5 Å². The van der Waals surface area contributed by atoms with Gasteiger partial charge in [-0.3, -0.25) is 14.6 Å². The zero-order valence-electron chi connectivity index (χ0n) is 20.4. The average molecular weight is 459 g/mol. The molecule has 0 aromatic heterocycles. The number of carbonyl (C=O) groups is 2. The van der Waals surface area contributed by atoms with Crippen molar-refractivity contribution in [1.29, 1.82) is 0 Å². The lowest BCUT2D eigenvalue weighted by molar-refractivity contribution is -0.150. The molecule has 2 unspecified atom stereocenters. The molecule has 1 aliphatic rings. The number of allylic oxidation sites excluding steroid dienone is 1. The van der Waals surface area contributed by atoms with E-state index in [1.54, 1.807) is 12.1 Å². The highest BCUT2D eigenvalue weighted by Crippen LogP contribution is 2.31. The molecule has 0 saturated heterocycles. The van der Waals surface area contributed by atoms with Gasteiger partial charge in [-0.1, -0.05) is 25.8 Å². The molecule has 1 heterocycles. The number of aliphatic imine (C=N–C) groups is 1. The highest BCUT2D eigenvalue weighted by atomic mass is 16.5. The first-order valence-corrected chi connectivity index (χ1v) is 11.8. The molecule has 0 saturated carbocycles. The Kier molecular flexibility index (Phi) is 11.1. The summed E-state index contributed by atoms with van der Waals surface area (Å²) in [5, 5.41) is 13.2. The van der Waals surface area contributed by atoms with Crippen molar-refractivity contribution in [2.75, 3.05) is 20.7 Å². The van der Waals surface area contributed by atoms with Gasteiger partial charge in [0.25, 0.3) is 0 Å². The van der Waals surface area contributed by atoms with Crippen LogP contribution in [-0.4, -0.2) is 49.9 Å². The highest BCUT2D eigenvalue weighted by molar-refractivity contribution is 5.81. The van der Waals surface area contributed by atoms with Crippen LogP contribution >= 0.6 is 0 Å². The van der Waals surface area contributed by atoms with Crippen LogP contribution in [0.3, 0.4) is 0 Å². The van der Waals surface area contributed by atoms with Crippen LogP contribution < -0.4 is 10.1 Å². The molecule has 2 rings (SSSR count). The van der Waals surface area contributed by atoms with Crippen LogP contribution in [0.25, 0.3) is 0 Å². The number of methoxy groups -OCH3 is 1. The Morgan fingerprint density at radius 2 is 2.06 bits per heavy atom. The summed E-state index contributed by atoms with van der Waals surface area (Å²) in [7, 11) is 3.34. The second kappa shape index (κ2) is 13.8. The molecular weight excluding hydrogens is 420 g/mol. The number of phenols is 1. The average Bonchev–Trinajstić information content (AvgIpc) is 3.28. The van der Waals surface area contributed by atoms with Gasteiger partial charge in [-0.2, -0.15) is 0 Å². The topological polar surface area (TPSA) is 97.2 Å². The first-order chi connectivity index (χ1) is 15.9. The van der Waals surface area contributed by atoms with Gasteiger partial charge in [0.05, 0.1) is 13.7 Å². The number of unbranched alkanes of at least 4 members (excludes halogenated alkanes) is 1. The summed E-state index contributed by atoms with van der Waals surface area (Å²) in [5.41, 5.74) is 3.02. The maximum atomic E-state index is 13.0. The van der Waals surface area contributed by atoms with Crippen molar-refractivity contribution in [2.24, 2.45) is 10.9 Å². The summed E-state index contributed by atoms with van der Waals surface area (Å²) in [4.78, 5) is 29.1. The minimum atomic E-state index is -0.442. The molecule has 7 nitrogen and oxygen atoms in total. The van der Waals surface area contributed by atoms with Crippen molar-refractivity contribution in [1.82, 2.24) is 5.32 Å². The van der Waals surface area contributed by atoms with Crippen molar-refractivity contribution in [3.63, 3.8) is 0 Å². The third kappa shape index (κ3) is 8.65. The second-order valence-electron chi connectivity index (χ2n) is 8.59. The Morgan fingerprint density at radius 1 is 1.27 bits per heavy atom. The highest BCUT2D eigenvalue weighted by Gasteiger charge is 2.27. The molecule has 0 spiro atoms. The predicted octanol–water partition coefficient (Wildman–Crippen LogP) is 4.15. The Balaban J connectivity index is 2.10. The summed E-state index contributed by atoms with van der Waals surface area (Å²) in [6.07, 6.45) is 8.30. The van der Waals surface area contributed by atoms with Crippen LogP contribution in [0.15, 0.2) is 28.8 Å². The van der Waals surface area contributed by atoms with Crippen LogP contribution in [0.4, 0.5) is 0 Å². The Morgan fingerprint density at radius 3 is 2.67 bits per heavy atom. The van der Waals surface area contributed by atoms with E-state index in [4.69, 9.17) is 9.47 Å². The van der Waals surface area contributed by atoms with E-state index >= 15 is 0 Å². The number of rotatable bonds is 15. The molecule has 0 bridgehead atoms. The van der Waals surface area contributed by atoms with Crippen molar-refractivity contribution in [3.05, 3.63) is 34.9 Å². The minimum absolute atomic E-state index is 0.0549. The molecule has 1 aromatic carbocycles. The largest absolute Gasteiger partial charge is 0.504 e. The molecule has 1 aliphatic heterocycles. The fourth-order valence-electron chi connectivity index (χ4n) is 4.24. The molecule has 0 amide bonds. The SMILES string of the molecule is CCCCC(CC1=CCN=C1)C(CC(=O)CCc1cc(OC)c(O)cc1CNC)OC(C)=O. The molecule has 1 aromatic rings. The number of aromatic hydroxyl groups is 1. The third-order valence-corrected chi connectivity index (χ3v) is 5.96. The first-order valence-electron chi connectivity index (χ1n) is 11.8. The minimum Gasteiger partial charge on any atom is -0.504 e. The van der Waals surface area contributed by atoms with E-state index in [9.17, 15) is 14.7 Å². The van der Waals surface area contributed by atoms with E-state index in [-0.39, 0.29) is 29.8 Å². The van der Waals surface area contributed by atoms with Crippen LogP contribution in [0, 0.1) is 5.92 Å². The molecule has 182 valence electrons. The van der Waals surface area contributed by atoms with Crippen LogP contribution in [0.1, 0.15) is 63.5 Å². The number of nitrogens with one attached hydrogen (secondary N) is 1. The standard InChI is InChI=1S/C26H38N2O5/c1-5-6-7-21(12-19-10-11-28-16-19)25(33-18(2)29)15-23(30)9-8-20-14-26(32-4)24(31)13-22(20)17-27-3/h10,13-14,16,21,25,27,31H,5-9,11-12,15,17H2,1-4H3. The van der Waals surface area contributed by atoms with Gasteiger partial charge in [0, 0.05) is 38.4 Å². The van der Waals surface area contributed by atoms with Crippen molar-refractivity contribution in [2.45, 2.75) is 71.4 Å². The molecule has 2 N–H and O–H groups in total. The van der Waals surface area contributed by atoms with Crippen LogP contribution in [0.5, 0.6) is 11.5 Å². The van der Waals surface area contributed by atoms with Gasteiger partial charge in [-0.25, -0.2) is 0 Å². The van der Waals surface area contributed by atoms with Crippen molar-refractivity contribution >= 4 is 18.0 Å². The number of Topliss-reactive ketones (excluding diaryl/α,β-unsaturated/α-hetero) is 1. The summed E-state index contributed by atoms with van der Waals surface area (Å²) in [5.74, 6) is 0.252. The fourth-order valence-corrected chi connectivity index (χ4v) is 4.24. The zero-order valence-corrected chi connectivity index (χ0v) is 20.4. The monoisotopic (exact) mass is 458 g/mol. The van der Waals surface area contributed by atoms with E-state index in [1.165, 1.54) is 14.0 Å². The zero-order chi connectivity index (χ0) is 24.2. The van der Waals surface area contributed by atoms with E-state index in [2.05, 4.69) is 23.3 Å². The summed E-state index contributed by atoms with van der Waals surface area (Å²) in [6.45, 7) is 4.80. The molecule has 7 heteroatoms. The van der Waals surface area contributed by atoms with E-state index in [0.717, 1.165) is 42.4 Å². The lowest BCUT2D eigenvalue weighted by atomic mass is 9.86. The van der Waals surface area contributed by atoms with E-state index in [0.29, 0.717) is 31.7 Å². The van der Waals surface area contributed by atoms with Crippen molar-refractivity contribution < 1.29 is 24.2 Å². The van der Waals surface area contributed by atoms with E-state index in [1.807, 2.05) is 13.3 Å². The quantitative estimate of drug-likeness (QED) is 0.383. The maximum absolute atomic E-state index is 13.0. The maximum Gasteiger partial charge on any atom is 0.302 e. The number of nitrogens with zero attached hydrogens (tertiary/aromatic N) is 1. The number of benzene rings is 1. The fraction of sp³-hybridized carbons (Fsp3) is 0.577. The number of aryl methyl sites for hydroxylation is 1. The van der Waals surface area contributed by atoms with Crippen LogP contribution in [-0.2, 0) is 27.3 Å². The third-order valence-electron chi connectivity index (χ3n) is 5.96. The number of phenolic OH excluding ortho intramolecular Hbond substituents is 1. The number of ketones is 1. The molecular formula is C26H38N2O5. The molecule has 2 atom stereocenters. The van der Waals surface area contributed by atoms with Crippen molar-refractivity contribution in [3.8, 4) is 11.5 Å². The van der Waals surface area contributed by atoms with E-state index < -0.39 is 6.10 Å². The Hall–Kier alpha value is -2.67. The number of ether oxygens (including phenoxy) is 2. The first kappa shape index (κ1) is 26.6.